The average Bonchev–Trinajstić information content (AvgIpc) is 3.58. The van der Waals surface area contributed by atoms with Gasteiger partial charge < -0.3 is 23.9 Å². The molecule has 0 saturated carbocycles. The highest BCUT2D eigenvalue weighted by Crippen LogP contribution is 2.17. The summed E-state index contributed by atoms with van der Waals surface area (Å²) in [5.41, 5.74) is 1.82. The molecule has 1 aromatic heterocycles. The molecule has 0 aliphatic carbocycles. The van der Waals surface area contributed by atoms with E-state index >= 15 is 0 Å². The lowest BCUT2D eigenvalue weighted by molar-refractivity contribution is 0.0489. The van der Waals surface area contributed by atoms with Crippen molar-refractivity contribution >= 4 is 35.7 Å². The molecule has 0 radical (unpaired) electrons. The zero-order chi connectivity index (χ0) is 33.6. The number of hydrogen-bond acceptors (Lipinski definition) is 9. The summed E-state index contributed by atoms with van der Waals surface area (Å²) in [6.07, 6.45) is -0.952. The van der Waals surface area contributed by atoms with Crippen LogP contribution in [0.25, 0.3) is 0 Å². The Kier molecular flexibility index (Phi) is 11.9. The number of carbonyl (C=O) groups excluding carboxylic acids is 4. The number of Topliss-reactive ketones (excluding diaryl/α,β-unsaturated/α-hetero) is 1. The Bertz CT molecular complexity index is 1590. The normalized spacial score (nSPS) is 11.4. The van der Waals surface area contributed by atoms with Gasteiger partial charge >= 0.3 is 18.3 Å². The first kappa shape index (κ1) is 34.0. The number of carbonyl (C=O) groups is 4. The number of alkyl carbamates (subject to hydrolysis) is 3. The number of aliphatic imine (C=N–C) groups is 1. The van der Waals surface area contributed by atoms with Crippen LogP contribution >= 0.6 is 0 Å². The molecule has 4 aromatic rings. The molecular formula is C35H36N4O8. The molecule has 4 rings (SSSR count). The van der Waals surface area contributed by atoms with Crippen LogP contribution in [0.5, 0.6) is 0 Å². The monoisotopic (exact) mass is 640 g/mol. The quantitative estimate of drug-likeness (QED) is 0.0774. The Labute approximate surface area is 272 Å². The predicted molar refractivity (Wildman–Crippen MR) is 173 cm³/mol. The molecule has 12 nitrogen and oxygen atoms in total. The number of benzene rings is 3. The highest BCUT2D eigenvalue weighted by molar-refractivity contribution is 6.02. The Hall–Kier alpha value is -5.91. The molecule has 3 N–H and O–H groups in total. The smallest absolute Gasteiger partial charge is 0.414 e. The Morgan fingerprint density at radius 1 is 0.702 bits per heavy atom. The summed E-state index contributed by atoms with van der Waals surface area (Å²) < 4.78 is 21.2. The summed E-state index contributed by atoms with van der Waals surface area (Å²) in [5, 5.41) is 7.51. The maximum atomic E-state index is 13.1. The van der Waals surface area contributed by atoms with Crippen molar-refractivity contribution in [2.24, 2.45) is 4.99 Å². The molecule has 1 atom stereocenters. The fourth-order valence-corrected chi connectivity index (χ4v) is 4.12. The molecule has 0 bridgehead atoms. The van der Waals surface area contributed by atoms with Crippen molar-refractivity contribution in [3.63, 3.8) is 0 Å². The molecule has 12 heteroatoms. The highest BCUT2D eigenvalue weighted by atomic mass is 16.6. The third kappa shape index (κ3) is 11.8. The van der Waals surface area contributed by atoms with Crippen molar-refractivity contribution in [2.45, 2.75) is 52.0 Å². The topological polar surface area (TPSA) is 158 Å². The van der Waals surface area contributed by atoms with Crippen LogP contribution < -0.4 is 16.0 Å². The van der Waals surface area contributed by atoms with Gasteiger partial charge in [0.25, 0.3) is 0 Å². The molecule has 47 heavy (non-hydrogen) atoms. The third-order valence-electron chi connectivity index (χ3n) is 6.25. The fraction of sp³-hybridized carbons (Fsp3) is 0.229. The van der Waals surface area contributed by atoms with Gasteiger partial charge in [0.15, 0.2) is 5.76 Å². The lowest BCUT2D eigenvalue weighted by Crippen LogP contribution is -2.44. The minimum atomic E-state index is -0.983. The lowest BCUT2D eigenvalue weighted by atomic mass is 10.0. The first-order valence-electron chi connectivity index (χ1n) is 14.7. The molecule has 0 spiro atoms. The predicted octanol–water partition coefficient (Wildman–Crippen LogP) is 6.44. The van der Waals surface area contributed by atoms with Crippen molar-refractivity contribution in [1.82, 2.24) is 16.0 Å². The SMILES string of the molecule is CC(C)(C)OC(=O)NC(Cc1ccc(N=C(NC(=O)OCc2ccccc2)NC(=O)OCc2ccccc2)cc1)C(=O)c1ccco1. The van der Waals surface area contributed by atoms with E-state index in [1.54, 1.807) is 75.4 Å². The van der Waals surface area contributed by atoms with Gasteiger partial charge in [0, 0.05) is 6.42 Å². The van der Waals surface area contributed by atoms with E-state index in [2.05, 4.69) is 20.9 Å². The summed E-state index contributed by atoms with van der Waals surface area (Å²) in [6.45, 7) is 5.17. The summed E-state index contributed by atoms with van der Waals surface area (Å²) in [7, 11) is 0. The van der Waals surface area contributed by atoms with E-state index in [9.17, 15) is 19.2 Å². The Morgan fingerprint density at radius 2 is 1.26 bits per heavy atom. The molecule has 0 aliphatic rings. The number of rotatable bonds is 10. The van der Waals surface area contributed by atoms with E-state index in [0.717, 1.165) is 11.1 Å². The van der Waals surface area contributed by atoms with Gasteiger partial charge in [0.05, 0.1) is 12.0 Å². The first-order valence-corrected chi connectivity index (χ1v) is 14.7. The van der Waals surface area contributed by atoms with E-state index in [1.165, 1.54) is 12.3 Å². The van der Waals surface area contributed by atoms with Gasteiger partial charge in [-0.15, -0.1) is 0 Å². The van der Waals surface area contributed by atoms with Crippen molar-refractivity contribution in [3.8, 4) is 0 Å². The number of furan rings is 1. The molecule has 1 unspecified atom stereocenters. The molecule has 3 aromatic carbocycles. The highest BCUT2D eigenvalue weighted by Gasteiger charge is 2.27. The number of nitrogens with zero attached hydrogens (tertiary/aromatic N) is 1. The van der Waals surface area contributed by atoms with E-state index in [1.807, 2.05) is 36.4 Å². The summed E-state index contributed by atoms with van der Waals surface area (Å²) in [6, 6.07) is 26.9. The van der Waals surface area contributed by atoms with Gasteiger partial charge in [-0.1, -0.05) is 72.8 Å². The van der Waals surface area contributed by atoms with Crippen LogP contribution in [0.2, 0.25) is 0 Å². The summed E-state index contributed by atoms with van der Waals surface area (Å²) in [4.78, 5) is 55.2. The largest absolute Gasteiger partial charge is 0.461 e. The zero-order valence-electron chi connectivity index (χ0n) is 26.2. The van der Waals surface area contributed by atoms with E-state index < -0.39 is 35.7 Å². The maximum absolute atomic E-state index is 13.1. The van der Waals surface area contributed by atoms with Gasteiger partial charge in [-0.25, -0.2) is 19.4 Å². The number of amides is 3. The molecule has 0 aliphatic heterocycles. The van der Waals surface area contributed by atoms with E-state index in [0.29, 0.717) is 11.3 Å². The second kappa shape index (κ2) is 16.4. The average molecular weight is 641 g/mol. The number of hydrogen-bond donors (Lipinski definition) is 3. The van der Waals surface area contributed by atoms with Crippen molar-refractivity contribution in [2.75, 3.05) is 0 Å². The van der Waals surface area contributed by atoms with Crippen LogP contribution in [0.15, 0.2) is 113 Å². The molecule has 3 amide bonds. The van der Waals surface area contributed by atoms with Crippen LogP contribution in [0, 0.1) is 0 Å². The number of nitrogens with one attached hydrogen (secondary N) is 3. The Balaban J connectivity index is 1.47. The van der Waals surface area contributed by atoms with Crippen LogP contribution in [0.3, 0.4) is 0 Å². The Morgan fingerprint density at radius 3 is 1.74 bits per heavy atom. The third-order valence-corrected chi connectivity index (χ3v) is 6.25. The van der Waals surface area contributed by atoms with Gasteiger partial charge in [-0.2, -0.15) is 0 Å². The fourth-order valence-electron chi connectivity index (χ4n) is 4.12. The van der Waals surface area contributed by atoms with Crippen LogP contribution in [0.1, 0.15) is 48.0 Å². The van der Waals surface area contributed by atoms with E-state index in [4.69, 9.17) is 18.6 Å². The lowest BCUT2D eigenvalue weighted by Gasteiger charge is -2.23. The van der Waals surface area contributed by atoms with Gasteiger partial charge in [0.1, 0.15) is 24.9 Å². The van der Waals surface area contributed by atoms with E-state index in [-0.39, 0.29) is 31.4 Å². The zero-order valence-corrected chi connectivity index (χ0v) is 26.2. The summed E-state index contributed by atoms with van der Waals surface area (Å²) >= 11 is 0. The van der Waals surface area contributed by atoms with Crippen molar-refractivity contribution in [1.29, 1.82) is 0 Å². The van der Waals surface area contributed by atoms with Crippen molar-refractivity contribution in [3.05, 3.63) is 126 Å². The van der Waals surface area contributed by atoms with Crippen LogP contribution in [0.4, 0.5) is 20.1 Å². The van der Waals surface area contributed by atoms with Crippen LogP contribution in [-0.2, 0) is 33.8 Å². The molecule has 1 heterocycles. The second-order valence-electron chi connectivity index (χ2n) is 11.2. The minimum absolute atomic E-state index is 0.00231. The van der Waals surface area contributed by atoms with Gasteiger partial charge in [-0.3, -0.25) is 15.4 Å². The van der Waals surface area contributed by atoms with Gasteiger partial charge in [0.2, 0.25) is 11.7 Å². The molecular weight excluding hydrogens is 604 g/mol. The van der Waals surface area contributed by atoms with Crippen molar-refractivity contribution < 1.29 is 37.8 Å². The maximum Gasteiger partial charge on any atom is 0.414 e. The number of ether oxygens (including phenoxy) is 3. The second-order valence-corrected chi connectivity index (χ2v) is 11.2. The molecule has 0 fully saturated rings. The standard InChI is InChI=1S/C35H36N4O8/c1-35(2,3)47-34(43)37-28(30(40)29-15-10-20-44-29)21-24-16-18-27(19-17-24)36-31(38-32(41)45-22-25-11-6-4-7-12-25)39-33(42)46-23-26-13-8-5-9-14-26/h4-20,28H,21-23H2,1-3H3,(H,37,43)(H2,36,38,39,41,42). The van der Waals surface area contributed by atoms with Gasteiger partial charge in [-0.05, 0) is 61.7 Å². The number of ketones is 1. The van der Waals surface area contributed by atoms with Crippen LogP contribution in [-0.4, -0.2) is 41.7 Å². The molecule has 244 valence electrons. The first-order chi connectivity index (χ1) is 22.5. The number of guanidine groups is 1. The minimum Gasteiger partial charge on any atom is -0.461 e. The summed E-state index contributed by atoms with van der Waals surface area (Å²) in [5.74, 6) is -0.569. The molecule has 0 saturated heterocycles.